The molecule has 2 heterocycles. The highest BCUT2D eigenvalue weighted by Gasteiger charge is 2.43. The fraction of sp³-hybridized carbons (Fsp3) is 0.483. The number of nitrogens with zero attached hydrogens (tertiary/aromatic N) is 2. The first-order valence-electron chi connectivity index (χ1n) is 13.1. The molecule has 0 saturated carbocycles. The van der Waals surface area contributed by atoms with E-state index in [1.165, 1.54) is 13.0 Å². The van der Waals surface area contributed by atoms with Crippen LogP contribution in [0.5, 0.6) is 5.75 Å². The fourth-order valence-electron chi connectivity index (χ4n) is 4.83. The highest BCUT2D eigenvalue weighted by Crippen LogP contribution is 2.40. The Morgan fingerprint density at radius 3 is 2.44 bits per heavy atom. The molecule has 0 spiro atoms. The third-order valence-corrected chi connectivity index (χ3v) is 7.00. The van der Waals surface area contributed by atoms with Crippen LogP contribution in [0.1, 0.15) is 70.3 Å². The number of fused-ring (bicyclic) bond motifs is 1. The number of hydrogen-bond acceptors (Lipinski definition) is 6. The van der Waals surface area contributed by atoms with E-state index in [1.807, 2.05) is 13.8 Å². The number of amides is 2. The summed E-state index contributed by atoms with van der Waals surface area (Å²) in [6.45, 7) is 11.6. The molecule has 2 aromatic rings. The number of halogens is 2. The van der Waals surface area contributed by atoms with Gasteiger partial charge in [-0.25, -0.2) is 13.6 Å². The first kappa shape index (κ1) is 28.5. The van der Waals surface area contributed by atoms with Crippen LogP contribution in [0.15, 0.2) is 36.4 Å². The minimum Gasteiger partial charge on any atom is -0.471 e. The summed E-state index contributed by atoms with van der Waals surface area (Å²) in [6, 6.07) is 7.20. The number of rotatable bonds is 5. The number of hydroxylamine groups is 2. The van der Waals surface area contributed by atoms with E-state index in [4.69, 9.17) is 9.57 Å². The van der Waals surface area contributed by atoms with Gasteiger partial charge >= 0.3 is 5.97 Å². The fourth-order valence-corrected chi connectivity index (χ4v) is 4.83. The van der Waals surface area contributed by atoms with Crippen LogP contribution in [0.3, 0.4) is 0 Å². The predicted molar refractivity (Wildman–Crippen MR) is 141 cm³/mol. The molecule has 1 N–H and O–H groups in total. The molecule has 8 nitrogen and oxygen atoms in total. The summed E-state index contributed by atoms with van der Waals surface area (Å²) >= 11 is 0. The van der Waals surface area contributed by atoms with Gasteiger partial charge < -0.3 is 19.8 Å². The summed E-state index contributed by atoms with van der Waals surface area (Å²) in [5.74, 6) is -2.56. The molecule has 0 aliphatic carbocycles. The van der Waals surface area contributed by atoms with Crippen molar-refractivity contribution >= 4 is 23.5 Å². The van der Waals surface area contributed by atoms with Gasteiger partial charge in [0.2, 0.25) is 5.60 Å². The molecule has 2 aliphatic rings. The van der Waals surface area contributed by atoms with E-state index in [2.05, 4.69) is 5.32 Å². The maximum Gasteiger partial charge on any atom is 0.330 e. The minimum atomic E-state index is -1.67. The lowest BCUT2D eigenvalue weighted by Gasteiger charge is -2.41. The Hall–Kier alpha value is -3.53. The summed E-state index contributed by atoms with van der Waals surface area (Å²) in [6.07, 6.45) is 1.51. The summed E-state index contributed by atoms with van der Waals surface area (Å²) in [5, 5.41) is 4.35. The normalized spacial score (nSPS) is 21.6. The Morgan fingerprint density at radius 2 is 1.82 bits per heavy atom. The van der Waals surface area contributed by atoms with Crippen molar-refractivity contribution in [3.63, 3.8) is 0 Å². The number of ether oxygens (including phenoxy) is 1. The number of hydrogen-bond donors (Lipinski definition) is 1. The van der Waals surface area contributed by atoms with Crippen LogP contribution < -0.4 is 10.1 Å². The Balaban J connectivity index is 1.55. The Morgan fingerprint density at radius 1 is 1.15 bits per heavy atom. The SMILES string of the molecule is CC(C)N(C(=O)c1ccc2c(c1)NC(=O)C(C)(c1cc(F)cc(F)c1)O2)[C@@H]1CCCN(OC(=O)C(C)(C)C)C1. The second-order valence-electron chi connectivity index (χ2n) is 11.6. The smallest absolute Gasteiger partial charge is 0.330 e. The summed E-state index contributed by atoms with van der Waals surface area (Å²) in [5.41, 5.74) is -1.65. The summed E-state index contributed by atoms with van der Waals surface area (Å²) < 4.78 is 33.6. The van der Waals surface area contributed by atoms with Crippen molar-refractivity contribution in [2.75, 3.05) is 18.4 Å². The van der Waals surface area contributed by atoms with E-state index in [9.17, 15) is 23.2 Å². The Labute approximate surface area is 227 Å². The van der Waals surface area contributed by atoms with Crippen molar-refractivity contribution in [1.82, 2.24) is 9.96 Å². The monoisotopic (exact) mass is 543 g/mol. The van der Waals surface area contributed by atoms with Crippen molar-refractivity contribution in [1.29, 1.82) is 0 Å². The van der Waals surface area contributed by atoms with E-state index < -0.39 is 28.6 Å². The summed E-state index contributed by atoms with van der Waals surface area (Å²) in [7, 11) is 0. The number of nitrogens with one attached hydrogen (secondary N) is 1. The highest BCUT2D eigenvalue weighted by molar-refractivity contribution is 6.03. The maximum atomic E-state index is 13.9. The third-order valence-electron chi connectivity index (χ3n) is 7.00. The van der Waals surface area contributed by atoms with Crippen LogP contribution in [-0.2, 0) is 20.0 Å². The third kappa shape index (κ3) is 5.90. The van der Waals surface area contributed by atoms with E-state index in [0.717, 1.165) is 31.0 Å². The first-order valence-corrected chi connectivity index (χ1v) is 13.1. The molecule has 39 heavy (non-hydrogen) atoms. The van der Waals surface area contributed by atoms with E-state index >= 15 is 0 Å². The van der Waals surface area contributed by atoms with Gasteiger partial charge in [0.25, 0.3) is 11.8 Å². The lowest BCUT2D eigenvalue weighted by atomic mass is 9.92. The molecule has 0 aromatic heterocycles. The zero-order valence-electron chi connectivity index (χ0n) is 23.1. The van der Waals surface area contributed by atoms with E-state index in [-0.39, 0.29) is 41.0 Å². The quantitative estimate of drug-likeness (QED) is 0.569. The Kier molecular flexibility index (Phi) is 7.71. The molecule has 4 rings (SSSR count). The van der Waals surface area contributed by atoms with Gasteiger partial charge in [-0.05, 0) is 84.7 Å². The molecule has 0 radical (unpaired) electrons. The van der Waals surface area contributed by atoms with Gasteiger partial charge in [0.05, 0.1) is 17.6 Å². The molecule has 1 saturated heterocycles. The van der Waals surface area contributed by atoms with Crippen molar-refractivity contribution in [3.8, 4) is 5.75 Å². The number of carbonyl (C=O) groups excluding carboxylic acids is 3. The summed E-state index contributed by atoms with van der Waals surface area (Å²) in [4.78, 5) is 46.5. The first-order chi connectivity index (χ1) is 18.2. The average Bonchev–Trinajstić information content (AvgIpc) is 2.83. The number of piperidine rings is 1. The van der Waals surface area contributed by atoms with Crippen molar-refractivity contribution in [3.05, 3.63) is 59.2 Å². The highest BCUT2D eigenvalue weighted by atomic mass is 19.1. The minimum absolute atomic E-state index is 0.0308. The molecule has 2 aromatic carbocycles. The molecular formula is C29H35F2N3O5. The van der Waals surface area contributed by atoms with Crippen LogP contribution in [0.25, 0.3) is 0 Å². The van der Waals surface area contributed by atoms with Gasteiger partial charge in [-0.1, -0.05) is 0 Å². The molecule has 0 bridgehead atoms. The topological polar surface area (TPSA) is 88.2 Å². The lowest BCUT2D eigenvalue weighted by Crippen LogP contribution is -2.53. The zero-order valence-corrected chi connectivity index (χ0v) is 23.1. The molecule has 2 atom stereocenters. The van der Waals surface area contributed by atoms with Crippen LogP contribution in [0, 0.1) is 17.0 Å². The van der Waals surface area contributed by atoms with Crippen molar-refractivity contribution in [2.45, 2.75) is 72.1 Å². The van der Waals surface area contributed by atoms with Crippen LogP contribution in [0.2, 0.25) is 0 Å². The van der Waals surface area contributed by atoms with Gasteiger partial charge in [0.1, 0.15) is 17.4 Å². The van der Waals surface area contributed by atoms with Crippen molar-refractivity contribution in [2.24, 2.45) is 5.41 Å². The number of anilines is 1. The largest absolute Gasteiger partial charge is 0.471 e. The van der Waals surface area contributed by atoms with Gasteiger partial charge in [0, 0.05) is 35.8 Å². The molecule has 10 heteroatoms. The van der Waals surface area contributed by atoms with E-state index in [1.54, 1.807) is 42.9 Å². The van der Waals surface area contributed by atoms with Gasteiger partial charge in [-0.15, -0.1) is 5.06 Å². The van der Waals surface area contributed by atoms with Crippen LogP contribution in [0.4, 0.5) is 14.5 Å². The predicted octanol–water partition coefficient (Wildman–Crippen LogP) is 5.03. The lowest BCUT2D eigenvalue weighted by molar-refractivity contribution is -0.208. The second-order valence-corrected chi connectivity index (χ2v) is 11.6. The standard InChI is InChI=1S/C29H35F2N3O5/c1-17(2)34(22-8-7-11-33(16-22)39-27(37)28(3,4)5)25(35)18-9-10-24-23(12-18)32-26(36)29(6,38-24)19-13-20(30)15-21(31)14-19/h9-10,12-15,17,22H,7-8,11,16H2,1-6H3,(H,32,36)/t22-,29?/m1/s1. The second kappa shape index (κ2) is 10.6. The van der Waals surface area contributed by atoms with Crippen LogP contribution >= 0.6 is 0 Å². The average molecular weight is 544 g/mol. The molecule has 210 valence electrons. The van der Waals surface area contributed by atoms with Gasteiger partial charge in [-0.3, -0.25) is 9.59 Å². The molecule has 2 amide bonds. The van der Waals surface area contributed by atoms with Crippen molar-refractivity contribution < 1.29 is 32.7 Å². The van der Waals surface area contributed by atoms with Gasteiger partial charge in [0.15, 0.2) is 0 Å². The maximum absolute atomic E-state index is 13.9. The molecule has 1 unspecified atom stereocenters. The number of benzene rings is 2. The zero-order chi connectivity index (χ0) is 28.7. The Bertz CT molecular complexity index is 1270. The number of carbonyl (C=O) groups is 3. The van der Waals surface area contributed by atoms with Crippen LogP contribution in [-0.4, -0.2) is 52.9 Å². The van der Waals surface area contributed by atoms with Gasteiger partial charge in [-0.2, -0.15) is 0 Å². The molecule has 1 fully saturated rings. The molecular weight excluding hydrogens is 508 g/mol. The van der Waals surface area contributed by atoms with E-state index in [0.29, 0.717) is 18.7 Å². The molecule has 2 aliphatic heterocycles.